The van der Waals surface area contributed by atoms with Crippen LogP contribution in [0.1, 0.15) is 16.8 Å². The SMILES string of the molecule is COc1ccc(CC(=O)Nc2nn3c(C)ccnc3c2-c2ccc(C(F)(F)F)cc2)cc1. The molecule has 0 aliphatic rings. The first-order chi connectivity index (χ1) is 15.3. The van der Waals surface area contributed by atoms with Gasteiger partial charge in [-0.2, -0.15) is 13.2 Å². The van der Waals surface area contributed by atoms with Gasteiger partial charge in [0.05, 0.1) is 24.7 Å². The van der Waals surface area contributed by atoms with E-state index in [-0.39, 0.29) is 18.1 Å². The molecular formula is C23H19F3N4O2. The van der Waals surface area contributed by atoms with Crippen molar-refractivity contribution < 1.29 is 22.7 Å². The Bertz CT molecular complexity index is 1260. The number of amides is 1. The summed E-state index contributed by atoms with van der Waals surface area (Å²) in [5, 5.41) is 7.23. The molecule has 0 saturated heterocycles. The molecule has 0 unspecified atom stereocenters. The van der Waals surface area contributed by atoms with Crippen molar-refractivity contribution in [3.05, 3.63) is 77.6 Å². The maximum atomic E-state index is 13.0. The van der Waals surface area contributed by atoms with Gasteiger partial charge in [0.2, 0.25) is 5.91 Å². The van der Waals surface area contributed by atoms with E-state index in [2.05, 4.69) is 15.4 Å². The second-order valence-corrected chi connectivity index (χ2v) is 7.19. The summed E-state index contributed by atoms with van der Waals surface area (Å²) in [6.07, 6.45) is -2.76. The van der Waals surface area contributed by atoms with Crippen LogP contribution in [0.3, 0.4) is 0 Å². The Kier molecular flexibility index (Phi) is 5.56. The minimum absolute atomic E-state index is 0.0940. The standard InChI is InChI=1S/C23H19F3N4O2/c1-14-11-12-27-22-20(16-5-7-17(8-6-16)23(24,25)26)21(29-30(14)22)28-19(31)13-15-3-9-18(32-2)10-4-15/h3-12H,13H2,1-2H3,(H,28,29,31). The van der Waals surface area contributed by atoms with Crippen LogP contribution >= 0.6 is 0 Å². The number of hydrogen-bond donors (Lipinski definition) is 1. The van der Waals surface area contributed by atoms with E-state index in [4.69, 9.17) is 4.74 Å². The van der Waals surface area contributed by atoms with E-state index in [1.807, 2.05) is 6.92 Å². The number of anilines is 1. The van der Waals surface area contributed by atoms with Gasteiger partial charge >= 0.3 is 6.18 Å². The van der Waals surface area contributed by atoms with Crippen LogP contribution in [0.25, 0.3) is 16.8 Å². The highest BCUT2D eigenvalue weighted by molar-refractivity contribution is 5.98. The van der Waals surface area contributed by atoms with Gasteiger partial charge in [0, 0.05) is 11.9 Å². The van der Waals surface area contributed by atoms with Gasteiger partial charge in [-0.15, -0.1) is 5.10 Å². The highest BCUT2D eigenvalue weighted by Crippen LogP contribution is 2.35. The number of rotatable bonds is 5. The summed E-state index contributed by atoms with van der Waals surface area (Å²) >= 11 is 0. The Hall–Kier alpha value is -3.88. The van der Waals surface area contributed by atoms with Crippen LogP contribution in [0, 0.1) is 6.92 Å². The van der Waals surface area contributed by atoms with Crippen molar-refractivity contribution in [1.29, 1.82) is 0 Å². The average Bonchev–Trinajstić information content (AvgIpc) is 3.13. The van der Waals surface area contributed by atoms with Crippen molar-refractivity contribution in [2.45, 2.75) is 19.5 Å². The van der Waals surface area contributed by atoms with Gasteiger partial charge in [0.25, 0.3) is 0 Å². The molecule has 0 aliphatic heterocycles. The van der Waals surface area contributed by atoms with Crippen molar-refractivity contribution in [2.24, 2.45) is 0 Å². The predicted octanol–water partition coefficient (Wildman–Crippen LogP) is 4.91. The van der Waals surface area contributed by atoms with Crippen LogP contribution in [0.5, 0.6) is 5.75 Å². The van der Waals surface area contributed by atoms with Gasteiger partial charge in [0.1, 0.15) is 5.75 Å². The second kappa shape index (κ2) is 8.33. The number of hydrogen-bond acceptors (Lipinski definition) is 4. The zero-order valence-electron chi connectivity index (χ0n) is 17.3. The zero-order valence-corrected chi connectivity index (χ0v) is 17.3. The Morgan fingerprint density at radius 2 is 1.75 bits per heavy atom. The number of aromatic nitrogens is 3. The van der Waals surface area contributed by atoms with Crippen molar-refractivity contribution in [2.75, 3.05) is 12.4 Å². The van der Waals surface area contributed by atoms with Gasteiger partial charge < -0.3 is 10.1 Å². The number of aryl methyl sites for hydroxylation is 1. The van der Waals surface area contributed by atoms with E-state index in [1.165, 1.54) is 12.1 Å². The molecule has 0 atom stereocenters. The fraction of sp³-hybridized carbons (Fsp3) is 0.174. The fourth-order valence-electron chi connectivity index (χ4n) is 3.34. The third-order valence-electron chi connectivity index (χ3n) is 4.99. The van der Waals surface area contributed by atoms with Gasteiger partial charge in [-0.1, -0.05) is 24.3 Å². The van der Waals surface area contributed by atoms with E-state index in [0.717, 1.165) is 23.4 Å². The molecule has 4 rings (SSSR count). The second-order valence-electron chi connectivity index (χ2n) is 7.19. The number of nitrogens with zero attached hydrogens (tertiary/aromatic N) is 3. The first-order valence-electron chi connectivity index (χ1n) is 9.71. The molecule has 6 nitrogen and oxygen atoms in total. The first-order valence-corrected chi connectivity index (χ1v) is 9.71. The molecule has 1 amide bonds. The van der Waals surface area contributed by atoms with Crippen LogP contribution in [0.15, 0.2) is 60.8 Å². The van der Waals surface area contributed by atoms with Crippen LogP contribution in [0.2, 0.25) is 0 Å². The van der Waals surface area contributed by atoms with Crippen molar-refractivity contribution in [3.8, 4) is 16.9 Å². The van der Waals surface area contributed by atoms with E-state index in [0.29, 0.717) is 22.5 Å². The highest BCUT2D eigenvalue weighted by Gasteiger charge is 2.30. The topological polar surface area (TPSA) is 68.5 Å². The lowest BCUT2D eigenvalue weighted by molar-refractivity contribution is -0.137. The van der Waals surface area contributed by atoms with E-state index < -0.39 is 11.7 Å². The summed E-state index contributed by atoms with van der Waals surface area (Å²) in [5.74, 6) is 0.593. The molecule has 164 valence electrons. The van der Waals surface area contributed by atoms with Gasteiger partial charge in [-0.3, -0.25) is 4.79 Å². The van der Waals surface area contributed by atoms with Crippen LogP contribution in [-0.4, -0.2) is 27.6 Å². The lowest BCUT2D eigenvalue weighted by atomic mass is 10.1. The third-order valence-corrected chi connectivity index (χ3v) is 4.99. The lowest BCUT2D eigenvalue weighted by Gasteiger charge is -2.09. The maximum absolute atomic E-state index is 13.0. The molecule has 0 fully saturated rings. The molecule has 1 N–H and O–H groups in total. The summed E-state index contributed by atoms with van der Waals surface area (Å²) in [6, 6.07) is 13.5. The Morgan fingerprint density at radius 3 is 2.38 bits per heavy atom. The summed E-state index contributed by atoms with van der Waals surface area (Å²) in [7, 11) is 1.56. The lowest BCUT2D eigenvalue weighted by Crippen LogP contribution is -2.15. The normalized spacial score (nSPS) is 11.5. The van der Waals surface area contributed by atoms with Crippen LogP contribution in [0.4, 0.5) is 19.0 Å². The van der Waals surface area contributed by atoms with Gasteiger partial charge in [0.15, 0.2) is 11.5 Å². The van der Waals surface area contributed by atoms with Gasteiger partial charge in [-0.05, 0) is 48.4 Å². The minimum atomic E-state index is -4.44. The molecule has 4 aromatic rings. The predicted molar refractivity (Wildman–Crippen MR) is 113 cm³/mol. The molecule has 2 aromatic carbocycles. The number of carbonyl (C=O) groups excluding carboxylic acids is 1. The van der Waals surface area contributed by atoms with Gasteiger partial charge in [-0.25, -0.2) is 9.50 Å². The number of nitrogens with one attached hydrogen (secondary N) is 1. The number of methoxy groups -OCH3 is 1. The minimum Gasteiger partial charge on any atom is -0.497 e. The van der Waals surface area contributed by atoms with E-state index in [1.54, 1.807) is 48.2 Å². The van der Waals surface area contributed by atoms with Crippen molar-refractivity contribution in [1.82, 2.24) is 14.6 Å². The number of ether oxygens (including phenoxy) is 1. The monoisotopic (exact) mass is 440 g/mol. The quantitative estimate of drug-likeness (QED) is 0.479. The summed E-state index contributed by atoms with van der Waals surface area (Å²) in [4.78, 5) is 17.0. The molecule has 9 heteroatoms. The molecule has 0 saturated carbocycles. The highest BCUT2D eigenvalue weighted by atomic mass is 19.4. The molecular weight excluding hydrogens is 421 g/mol. The molecule has 2 aromatic heterocycles. The molecule has 0 radical (unpaired) electrons. The van der Waals surface area contributed by atoms with E-state index >= 15 is 0 Å². The molecule has 0 spiro atoms. The Labute approximate surface area is 181 Å². The number of carbonyl (C=O) groups is 1. The zero-order chi connectivity index (χ0) is 22.9. The molecule has 2 heterocycles. The van der Waals surface area contributed by atoms with Crippen LogP contribution in [-0.2, 0) is 17.4 Å². The largest absolute Gasteiger partial charge is 0.497 e. The van der Waals surface area contributed by atoms with Crippen molar-refractivity contribution >= 4 is 17.4 Å². The summed E-state index contributed by atoms with van der Waals surface area (Å²) < 4.78 is 45.6. The third kappa shape index (κ3) is 4.27. The van der Waals surface area contributed by atoms with Crippen LogP contribution < -0.4 is 10.1 Å². The number of halogens is 3. The van der Waals surface area contributed by atoms with E-state index in [9.17, 15) is 18.0 Å². The Morgan fingerprint density at radius 1 is 1.06 bits per heavy atom. The number of alkyl halides is 3. The Balaban J connectivity index is 1.69. The maximum Gasteiger partial charge on any atom is 0.416 e. The number of benzene rings is 2. The summed E-state index contributed by atoms with van der Waals surface area (Å²) in [5.41, 5.74) is 2.13. The molecule has 0 bridgehead atoms. The smallest absolute Gasteiger partial charge is 0.416 e. The fourth-order valence-corrected chi connectivity index (χ4v) is 3.34. The molecule has 32 heavy (non-hydrogen) atoms. The molecule has 0 aliphatic carbocycles. The van der Waals surface area contributed by atoms with Crippen molar-refractivity contribution in [3.63, 3.8) is 0 Å². The first kappa shape index (κ1) is 21.4. The number of fused-ring (bicyclic) bond motifs is 1. The average molecular weight is 440 g/mol. The summed E-state index contributed by atoms with van der Waals surface area (Å²) in [6.45, 7) is 1.82.